The molecule has 0 radical (unpaired) electrons. The molecule has 0 aliphatic heterocycles. The van der Waals surface area contributed by atoms with Crippen LogP contribution in [0.15, 0.2) is 47.1 Å². The van der Waals surface area contributed by atoms with Crippen LogP contribution in [-0.4, -0.2) is 4.92 Å². The minimum atomic E-state index is -0.480. The van der Waals surface area contributed by atoms with Gasteiger partial charge in [0.2, 0.25) is 0 Å². The van der Waals surface area contributed by atoms with E-state index in [0.29, 0.717) is 16.9 Å². The number of furan rings is 1. The number of benzene rings is 1. The highest BCUT2D eigenvalue weighted by atomic mass is 16.6. The highest BCUT2D eigenvalue weighted by molar-refractivity contribution is 5.88. The van der Waals surface area contributed by atoms with Crippen LogP contribution in [0.1, 0.15) is 11.3 Å². The monoisotopic (exact) mass is 240 g/mol. The molecule has 0 amide bonds. The van der Waals surface area contributed by atoms with Gasteiger partial charge in [0.05, 0.1) is 22.8 Å². The number of rotatable bonds is 3. The van der Waals surface area contributed by atoms with E-state index in [4.69, 9.17) is 9.68 Å². The van der Waals surface area contributed by atoms with Gasteiger partial charge in [-0.3, -0.25) is 10.1 Å². The lowest BCUT2D eigenvalue weighted by atomic mass is 10.1. The Morgan fingerprint density at radius 1 is 1.33 bits per heavy atom. The van der Waals surface area contributed by atoms with Crippen molar-refractivity contribution in [1.29, 1.82) is 5.26 Å². The second kappa shape index (κ2) is 4.97. The molecule has 1 aromatic carbocycles. The zero-order valence-electron chi connectivity index (χ0n) is 9.24. The molecule has 2 rings (SSSR count). The van der Waals surface area contributed by atoms with Gasteiger partial charge >= 0.3 is 0 Å². The molecule has 18 heavy (non-hydrogen) atoms. The van der Waals surface area contributed by atoms with E-state index in [1.165, 1.54) is 30.5 Å². The maximum Gasteiger partial charge on any atom is 0.269 e. The number of hydrogen-bond acceptors (Lipinski definition) is 4. The molecule has 0 atom stereocenters. The third-order valence-electron chi connectivity index (χ3n) is 2.34. The van der Waals surface area contributed by atoms with Crippen LogP contribution >= 0.6 is 0 Å². The first kappa shape index (κ1) is 11.6. The van der Waals surface area contributed by atoms with Crippen LogP contribution in [0.5, 0.6) is 0 Å². The molecule has 1 heterocycles. The largest absolute Gasteiger partial charge is 0.465 e. The van der Waals surface area contributed by atoms with E-state index >= 15 is 0 Å². The third-order valence-corrected chi connectivity index (χ3v) is 2.34. The van der Waals surface area contributed by atoms with E-state index in [-0.39, 0.29) is 5.69 Å². The molecule has 1 aromatic heterocycles. The predicted octanol–water partition coefficient (Wildman–Crippen LogP) is 3.25. The first-order chi connectivity index (χ1) is 8.70. The van der Waals surface area contributed by atoms with Gasteiger partial charge in [0, 0.05) is 12.1 Å². The van der Waals surface area contributed by atoms with Crippen LogP contribution in [0.4, 0.5) is 5.69 Å². The lowest BCUT2D eigenvalue weighted by Crippen LogP contribution is -1.88. The Hall–Kier alpha value is -2.87. The number of nitriles is 1. The number of nitro groups is 1. The summed E-state index contributed by atoms with van der Waals surface area (Å²) in [5.41, 5.74) is 0.994. The molecule has 0 unspecified atom stereocenters. The maximum atomic E-state index is 10.5. The Labute approximate surface area is 103 Å². The summed E-state index contributed by atoms with van der Waals surface area (Å²) in [4.78, 5) is 10.0. The van der Waals surface area contributed by atoms with Crippen LogP contribution in [-0.2, 0) is 0 Å². The Balaban J connectivity index is 2.35. The van der Waals surface area contributed by atoms with Gasteiger partial charge in [-0.2, -0.15) is 5.26 Å². The van der Waals surface area contributed by atoms with Crippen LogP contribution < -0.4 is 0 Å². The Morgan fingerprint density at radius 2 is 2.06 bits per heavy atom. The molecule has 0 spiro atoms. The van der Waals surface area contributed by atoms with Crippen molar-refractivity contribution >= 4 is 17.3 Å². The minimum Gasteiger partial charge on any atom is -0.465 e. The highest BCUT2D eigenvalue weighted by Crippen LogP contribution is 2.20. The van der Waals surface area contributed by atoms with Crippen molar-refractivity contribution in [2.24, 2.45) is 0 Å². The quantitative estimate of drug-likeness (QED) is 0.468. The number of hydrogen-bond donors (Lipinski definition) is 0. The molecular formula is C13H8N2O3. The van der Waals surface area contributed by atoms with Gasteiger partial charge in [0.25, 0.3) is 5.69 Å². The van der Waals surface area contributed by atoms with Crippen LogP contribution in [0.2, 0.25) is 0 Å². The van der Waals surface area contributed by atoms with Crippen molar-refractivity contribution in [3.8, 4) is 6.07 Å². The second-order valence-electron chi connectivity index (χ2n) is 3.49. The molecule has 0 aliphatic rings. The Bertz CT molecular complexity index is 619. The smallest absolute Gasteiger partial charge is 0.269 e. The average Bonchev–Trinajstić information content (AvgIpc) is 2.89. The van der Waals surface area contributed by atoms with E-state index in [1.807, 2.05) is 6.07 Å². The number of nitro benzene ring substituents is 1. The topological polar surface area (TPSA) is 80.1 Å². The fourth-order valence-electron chi connectivity index (χ4n) is 1.46. The van der Waals surface area contributed by atoms with Gasteiger partial charge in [0.1, 0.15) is 5.76 Å². The summed E-state index contributed by atoms with van der Waals surface area (Å²) in [7, 11) is 0. The summed E-state index contributed by atoms with van der Waals surface area (Å²) in [5, 5.41) is 19.6. The summed E-state index contributed by atoms with van der Waals surface area (Å²) in [6.07, 6.45) is 3.10. The molecule has 2 aromatic rings. The molecule has 0 fully saturated rings. The SMILES string of the molecule is N#C/C(=C\c1ccco1)c1ccc([N+](=O)[O-])cc1. The van der Waals surface area contributed by atoms with Crippen LogP contribution in [0, 0.1) is 21.4 Å². The minimum absolute atomic E-state index is 0.00552. The van der Waals surface area contributed by atoms with Gasteiger partial charge in [-0.1, -0.05) is 0 Å². The molecule has 0 saturated carbocycles. The first-order valence-corrected chi connectivity index (χ1v) is 5.11. The number of non-ortho nitro benzene ring substituents is 1. The zero-order chi connectivity index (χ0) is 13.0. The summed E-state index contributed by atoms with van der Waals surface area (Å²) in [6, 6.07) is 11.3. The molecule has 0 N–H and O–H groups in total. The van der Waals surface area contributed by atoms with Crippen molar-refractivity contribution < 1.29 is 9.34 Å². The fraction of sp³-hybridized carbons (Fsp3) is 0. The molecule has 5 nitrogen and oxygen atoms in total. The molecular weight excluding hydrogens is 232 g/mol. The zero-order valence-corrected chi connectivity index (χ0v) is 9.24. The number of allylic oxidation sites excluding steroid dienone is 1. The standard InChI is InChI=1S/C13H8N2O3/c14-9-11(8-13-2-1-7-18-13)10-3-5-12(6-4-10)15(16)17/h1-8H/b11-8+. The maximum absolute atomic E-state index is 10.5. The molecule has 0 bridgehead atoms. The molecule has 5 heteroatoms. The van der Waals surface area contributed by atoms with Crippen molar-refractivity contribution in [1.82, 2.24) is 0 Å². The predicted molar refractivity (Wildman–Crippen MR) is 65.3 cm³/mol. The lowest BCUT2D eigenvalue weighted by molar-refractivity contribution is -0.384. The van der Waals surface area contributed by atoms with Crippen molar-refractivity contribution in [2.45, 2.75) is 0 Å². The van der Waals surface area contributed by atoms with Crippen LogP contribution in [0.3, 0.4) is 0 Å². The van der Waals surface area contributed by atoms with Gasteiger partial charge in [-0.15, -0.1) is 0 Å². The van der Waals surface area contributed by atoms with Crippen molar-refractivity contribution in [3.63, 3.8) is 0 Å². The summed E-state index contributed by atoms with van der Waals surface area (Å²) < 4.78 is 5.11. The summed E-state index contributed by atoms with van der Waals surface area (Å²) >= 11 is 0. The van der Waals surface area contributed by atoms with Gasteiger partial charge in [0.15, 0.2) is 0 Å². The molecule has 0 aliphatic carbocycles. The van der Waals surface area contributed by atoms with Gasteiger partial charge in [-0.25, -0.2) is 0 Å². The van der Waals surface area contributed by atoms with Crippen molar-refractivity contribution in [3.05, 3.63) is 64.1 Å². The van der Waals surface area contributed by atoms with Gasteiger partial charge in [-0.05, 0) is 35.9 Å². The lowest BCUT2D eigenvalue weighted by Gasteiger charge is -1.98. The number of nitrogens with zero attached hydrogens (tertiary/aromatic N) is 2. The van der Waals surface area contributed by atoms with Crippen molar-refractivity contribution in [2.75, 3.05) is 0 Å². The van der Waals surface area contributed by atoms with E-state index < -0.39 is 4.92 Å². The second-order valence-corrected chi connectivity index (χ2v) is 3.49. The molecule has 88 valence electrons. The van der Waals surface area contributed by atoms with Crippen LogP contribution in [0.25, 0.3) is 11.6 Å². The average molecular weight is 240 g/mol. The Morgan fingerprint density at radius 3 is 2.56 bits per heavy atom. The summed E-state index contributed by atoms with van der Waals surface area (Å²) in [6.45, 7) is 0. The van der Waals surface area contributed by atoms with E-state index in [2.05, 4.69) is 0 Å². The third kappa shape index (κ3) is 2.44. The van der Waals surface area contributed by atoms with E-state index in [9.17, 15) is 10.1 Å². The first-order valence-electron chi connectivity index (χ1n) is 5.11. The highest BCUT2D eigenvalue weighted by Gasteiger charge is 2.07. The van der Waals surface area contributed by atoms with E-state index in [1.54, 1.807) is 18.2 Å². The summed E-state index contributed by atoms with van der Waals surface area (Å²) in [5.74, 6) is 0.560. The molecule has 0 saturated heterocycles. The van der Waals surface area contributed by atoms with E-state index in [0.717, 1.165) is 0 Å². The normalized spacial score (nSPS) is 10.9. The Kier molecular flexibility index (Phi) is 3.21. The van der Waals surface area contributed by atoms with Gasteiger partial charge < -0.3 is 4.42 Å². The fourth-order valence-corrected chi connectivity index (χ4v) is 1.46.